The Bertz CT molecular complexity index is 3310. The summed E-state index contributed by atoms with van der Waals surface area (Å²) in [5, 5.41) is 31.5. The van der Waals surface area contributed by atoms with Crippen LogP contribution < -0.4 is 25.6 Å². The molecule has 4 atom stereocenters. The average Bonchev–Trinajstić information content (AvgIpc) is 4.18. The molecular weight excluding hydrogens is 1020 g/mol. The molecule has 3 amide bonds. The molecule has 78 heavy (non-hydrogen) atoms. The number of nitrogens with zero attached hydrogens (tertiary/aromatic N) is 5. The molecular formula is C61H68N8O7S2. The van der Waals surface area contributed by atoms with Gasteiger partial charge in [0.1, 0.15) is 11.6 Å². The predicted molar refractivity (Wildman–Crippen MR) is 307 cm³/mol. The number of thiazole rings is 2. The van der Waals surface area contributed by atoms with Crippen LogP contribution in [0.5, 0.6) is 5.75 Å². The third-order valence-corrected chi connectivity index (χ3v) is 17.8. The summed E-state index contributed by atoms with van der Waals surface area (Å²) in [6.07, 6.45) is 3.80. The summed E-state index contributed by atoms with van der Waals surface area (Å²) >= 11 is 3.03. The van der Waals surface area contributed by atoms with Crippen molar-refractivity contribution in [1.82, 2.24) is 30.5 Å². The molecule has 0 bridgehead atoms. The lowest BCUT2D eigenvalue weighted by molar-refractivity contribution is -0.126. The number of carbonyl (C=O) groups is 4. The molecule has 10 rings (SSSR count). The Labute approximate surface area is 463 Å². The number of hydrogen-bond donors (Lipinski definition) is 5. The zero-order valence-electron chi connectivity index (χ0n) is 45.0. The van der Waals surface area contributed by atoms with Gasteiger partial charge in [-0.3, -0.25) is 24.6 Å². The van der Waals surface area contributed by atoms with Gasteiger partial charge in [-0.15, -0.1) is 11.3 Å². The molecule has 7 aromatic rings. The molecule has 5 heterocycles. The number of carbonyl (C=O) groups excluding carboxylic acids is 3. The van der Waals surface area contributed by atoms with E-state index in [-0.39, 0.29) is 52.9 Å². The zero-order valence-corrected chi connectivity index (χ0v) is 46.7. The summed E-state index contributed by atoms with van der Waals surface area (Å²) in [4.78, 5) is 73.2. The summed E-state index contributed by atoms with van der Waals surface area (Å²) in [6, 6.07) is 30.0. The van der Waals surface area contributed by atoms with Crippen molar-refractivity contribution in [3.05, 3.63) is 142 Å². The van der Waals surface area contributed by atoms with E-state index in [1.54, 1.807) is 11.3 Å². The third-order valence-electron chi connectivity index (χ3n) is 15.8. The zero-order chi connectivity index (χ0) is 54.8. The molecule has 0 unspecified atom stereocenters. The summed E-state index contributed by atoms with van der Waals surface area (Å²) < 4.78 is 7.64. The maximum atomic E-state index is 13.8. The number of ether oxygens (including phenoxy) is 1. The van der Waals surface area contributed by atoms with Crippen LogP contribution in [0.1, 0.15) is 121 Å². The van der Waals surface area contributed by atoms with Gasteiger partial charge in [-0.25, -0.2) is 19.7 Å². The number of likely N-dealkylation sites (tertiary alicyclic amines) is 1. The molecule has 3 aliphatic rings. The quantitative estimate of drug-likeness (QED) is 0.0614. The number of anilines is 2. The number of amides is 3. The number of β-amino-alcohol motifs (C(OH)–C–C–N with tert-alkyl or cyclic N) is 1. The van der Waals surface area contributed by atoms with E-state index in [1.807, 2.05) is 121 Å². The second-order valence-electron chi connectivity index (χ2n) is 22.3. The van der Waals surface area contributed by atoms with Gasteiger partial charge in [0.25, 0.3) is 5.91 Å². The maximum absolute atomic E-state index is 13.8. The molecule has 2 fully saturated rings. The lowest BCUT2D eigenvalue weighted by atomic mass is 9.83. The fourth-order valence-corrected chi connectivity index (χ4v) is 13.0. The normalized spacial score (nSPS) is 19.4. The highest BCUT2D eigenvalue weighted by Crippen LogP contribution is 2.38. The van der Waals surface area contributed by atoms with Crippen molar-refractivity contribution in [3.8, 4) is 27.3 Å². The van der Waals surface area contributed by atoms with E-state index in [2.05, 4.69) is 58.8 Å². The summed E-state index contributed by atoms with van der Waals surface area (Å²) in [5.74, 6) is -0.188. The first-order chi connectivity index (χ1) is 37.4. The van der Waals surface area contributed by atoms with Gasteiger partial charge in [-0.05, 0) is 140 Å². The van der Waals surface area contributed by atoms with Crippen molar-refractivity contribution in [2.24, 2.45) is 11.3 Å². The Morgan fingerprint density at radius 3 is 2.37 bits per heavy atom. The Balaban J connectivity index is 0.732. The number of aromatic nitrogens is 3. The van der Waals surface area contributed by atoms with Crippen LogP contribution in [0.4, 0.5) is 10.9 Å². The van der Waals surface area contributed by atoms with Gasteiger partial charge in [-0.2, -0.15) is 0 Å². The average molecular weight is 1090 g/mol. The number of aliphatic hydroxyl groups excluding tert-OH is 1. The van der Waals surface area contributed by atoms with Crippen LogP contribution in [0.25, 0.3) is 31.8 Å². The first-order valence-corrected chi connectivity index (χ1v) is 28.7. The summed E-state index contributed by atoms with van der Waals surface area (Å²) in [7, 11) is 0. The SMILES string of the molecule is Cc1ncsc1-c1ccc([C@H](C)NC(=O)[C@@H]2C[C@@H](O)CN2C[C@@H](NC(=O)CC2CCC(Oc3cccc(-c4ccc(N5CCc6cccc(C(=O)Nc7nc8ccccc8s7)c6C5)nc4C(=O)O)c3C)CC2)C(C)(C)C)cc1. The van der Waals surface area contributed by atoms with E-state index in [0.717, 1.165) is 79.9 Å². The minimum absolute atomic E-state index is 0.0261. The molecule has 0 spiro atoms. The van der Waals surface area contributed by atoms with Crippen molar-refractivity contribution >= 4 is 67.5 Å². The van der Waals surface area contributed by atoms with Gasteiger partial charge in [0, 0.05) is 49.8 Å². The molecule has 0 radical (unpaired) electrons. The summed E-state index contributed by atoms with van der Waals surface area (Å²) in [5.41, 5.74) is 9.85. The van der Waals surface area contributed by atoms with Crippen molar-refractivity contribution in [2.75, 3.05) is 29.9 Å². The van der Waals surface area contributed by atoms with E-state index in [4.69, 9.17) is 9.72 Å². The smallest absolute Gasteiger partial charge is 0.355 e. The van der Waals surface area contributed by atoms with Crippen LogP contribution in [-0.2, 0) is 22.6 Å². The largest absolute Gasteiger partial charge is 0.490 e. The van der Waals surface area contributed by atoms with Gasteiger partial charge in [-0.1, -0.05) is 92.8 Å². The van der Waals surface area contributed by atoms with Crippen LogP contribution in [0.15, 0.2) is 103 Å². The highest BCUT2D eigenvalue weighted by Gasteiger charge is 2.40. The Kier molecular flexibility index (Phi) is 16.1. The summed E-state index contributed by atoms with van der Waals surface area (Å²) in [6.45, 7) is 13.9. The second kappa shape index (κ2) is 23.1. The molecule has 2 aliphatic heterocycles. The number of rotatable bonds is 16. The molecule has 1 saturated carbocycles. The standard InChI is InChI=1S/C61H68N8O7S2/c1-35-44(45-25-26-53(66-55(45)59(74)75)68-28-27-40-11-9-13-46(47(40)32-68)57(72)67-60-64-48-14-7-8-16-51(48)78-60)12-10-15-50(35)76-43-23-17-38(18-24-43)29-54(71)65-52(61(4,5)6)33-69-31-42(70)30-49(69)58(73)63-36(2)39-19-21-41(22-20-39)56-37(3)62-34-77-56/h7-16,19-22,25-26,34,36,38,42-43,49,52,70H,17-18,23-24,27-33H2,1-6H3,(H,63,73)(H,65,71)(H,74,75)(H,64,67,72)/t36-,38?,42+,43?,49-,52+/m0/s1. The number of benzene rings is 4. The Morgan fingerprint density at radius 1 is 0.872 bits per heavy atom. The number of aliphatic hydroxyl groups is 1. The first-order valence-electron chi connectivity index (χ1n) is 27.0. The van der Waals surface area contributed by atoms with Crippen molar-refractivity contribution < 1.29 is 34.1 Å². The van der Waals surface area contributed by atoms with Gasteiger partial charge in [0.15, 0.2) is 10.8 Å². The maximum Gasteiger partial charge on any atom is 0.355 e. The molecule has 3 aromatic heterocycles. The number of aryl methyl sites for hydroxylation is 1. The lowest BCUT2D eigenvalue weighted by Gasteiger charge is -2.37. The number of carboxylic acids is 1. The number of nitrogens with one attached hydrogen (secondary N) is 3. The molecule has 1 saturated heterocycles. The highest BCUT2D eigenvalue weighted by molar-refractivity contribution is 7.22. The van der Waals surface area contributed by atoms with Crippen LogP contribution in [0.2, 0.25) is 0 Å². The Hall–Kier alpha value is -7.05. The highest BCUT2D eigenvalue weighted by atomic mass is 32.1. The van der Waals surface area contributed by atoms with E-state index in [9.17, 15) is 29.4 Å². The lowest BCUT2D eigenvalue weighted by Crippen LogP contribution is -2.54. The monoisotopic (exact) mass is 1090 g/mol. The minimum Gasteiger partial charge on any atom is -0.490 e. The van der Waals surface area contributed by atoms with Crippen LogP contribution in [-0.4, -0.2) is 97.7 Å². The number of fused-ring (bicyclic) bond motifs is 2. The van der Waals surface area contributed by atoms with E-state index in [1.165, 1.54) is 11.3 Å². The number of hydrogen-bond acceptors (Lipinski definition) is 13. The minimum atomic E-state index is -1.14. The number of carboxylic acid groups (broad SMARTS) is 1. The molecule has 15 nitrogen and oxygen atoms in total. The number of aromatic carboxylic acids is 1. The van der Waals surface area contributed by atoms with Crippen molar-refractivity contribution in [1.29, 1.82) is 0 Å². The predicted octanol–water partition coefficient (Wildman–Crippen LogP) is 10.8. The molecule has 406 valence electrons. The van der Waals surface area contributed by atoms with E-state index >= 15 is 0 Å². The van der Waals surface area contributed by atoms with Gasteiger partial charge >= 0.3 is 5.97 Å². The van der Waals surface area contributed by atoms with Crippen LogP contribution >= 0.6 is 22.7 Å². The topological polar surface area (TPSA) is 199 Å². The van der Waals surface area contributed by atoms with Crippen molar-refractivity contribution in [3.63, 3.8) is 0 Å². The molecule has 4 aromatic carbocycles. The van der Waals surface area contributed by atoms with E-state index < -0.39 is 18.1 Å². The fraction of sp³-hybridized carbons (Fsp3) is 0.393. The number of para-hydroxylation sites is 1. The fourth-order valence-electron chi connectivity index (χ4n) is 11.3. The third kappa shape index (κ3) is 12.1. The number of pyridine rings is 1. The molecule has 5 N–H and O–H groups in total. The van der Waals surface area contributed by atoms with Crippen LogP contribution in [0, 0.1) is 25.2 Å². The molecule has 17 heteroatoms. The Morgan fingerprint density at radius 2 is 1.64 bits per heavy atom. The first kappa shape index (κ1) is 54.3. The van der Waals surface area contributed by atoms with Crippen LogP contribution in [0.3, 0.4) is 0 Å². The van der Waals surface area contributed by atoms with Gasteiger partial charge in [0.05, 0.1) is 50.6 Å². The van der Waals surface area contributed by atoms with Gasteiger partial charge in [0.2, 0.25) is 11.8 Å². The van der Waals surface area contributed by atoms with Crippen molar-refractivity contribution in [2.45, 2.75) is 123 Å². The second-order valence-corrected chi connectivity index (χ2v) is 24.2. The van der Waals surface area contributed by atoms with Gasteiger partial charge < -0.3 is 30.5 Å². The van der Waals surface area contributed by atoms with E-state index in [0.29, 0.717) is 73.3 Å². The molecule has 1 aliphatic carbocycles.